The SMILES string of the molecule is CC=CCP(Cl)(c1ccccc1)(c1ccccc1)c1ccccc1. The molecule has 0 aliphatic carbocycles. The molecule has 0 saturated heterocycles. The van der Waals surface area contributed by atoms with Gasteiger partial charge in [-0.3, -0.25) is 0 Å². The number of hydrogen-bond donors (Lipinski definition) is 0. The molecule has 0 aliphatic heterocycles. The summed E-state index contributed by atoms with van der Waals surface area (Å²) in [5.41, 5.74) is 0. The summed E-state index contributed by atoms with van der Waals surface area (Å²) in [6.45, 7) is 2.05. The van der Waals surface area contributed by atoms with E-state index in [1.54, 1.807) is 0 Å². The number of halogens is 1. The van der Waals surface area contributed by atoms with Crippen LogP contribution in [-0.4, -0.2) is 6.16 Å². The maximum atomic E-state index is 7.83. The Hall–Kier alpha value is -1.88. The van der Waals surface area contributed by atoms with E-state index in [0.717, 1.165) is 6.16 Å². The van der Waals surface area contributed by atoms with Crippen molar-refractivity contribution >= 4 is 33.1 Å². The van der Waals surface area contributed by atoms with Gasteiger partial charge in [-0.05, 0) is 0 Å². The molecule has 0 saturated carbocycles. The van der Waals surface area contributed by atoms with Gasteiger partial charge in [-0.15, -0.1) is 0 Å². The van der Waals surface area contributed by atoms with Gasteiger partial charge in [-0.1, -0.05) is 0 Å². The molecule has 24 heavy (non-hydrogen) atoms. The molecule has 0 aliphatic rings. The molecule has 0 nitrogen and oxygen atoms in total. The predicted molar refractivity (Wildman–Crippen MR) is 111 cm³/mol. The average Bonchev–Trinajstić information content (AvgIpc) is 2.68. The monoisotopic (exact) mass is 352 g/mol. The Morgan fingerprint density at radius 3 is 1.29 bits per heavy atom. The summed E-state index contributed by atoms with van der Waals surface area (Å²) >= 11 is 7.83. The zero-order chi connectivity index (χ0) is 16.9. The summed E-state index contributed by atoms with van der Waals surface area (Å²) in [6.07, 6.45) is 5.11. The number of benzene rings is 3. The van der Waals surface area contributed by atoms with E-state index >= 15 is 0 Å². The molecule has 0 bridgehead atoms. The summed E-state index contributed by atoms with van der Waals surface area (Å²) in [4.78, 5) is 0. The molecule has 0 atom stereocenters. The van der Waals surface area contributed by atoms with Crippen LogP contribution in [0, 0.1) is 0 Å². The topological polar surface area (TPSA) is 0 Å². The summed E-state index contributed by atoms with van der Waals surface area (Å²) in [6, 6.07) is 31.7. The molecule has 0 N–H and O–H groups in total. The number of allylic oxidation sites excluding steroid dienone is 2. The van der Waals surface area contributed by atoms with Crippen LogP contribution in [0.15, 0.2) is 103 Å². The average molecular weight is 353 g/mol. The molecule has 2 heteroatoms. The van der Waals surface area contributed by atoms with Crippen molar-refractivity contribution in [3.8, 4) is 0 Å². The van der Waals surface area contributed by atoms with Crippen LogP contribution in [0.25, 0.3) is 0 Å². The third-order valence-electron chi connectivity index (χ3n) is 4.57. The van der Waals surface area contributed by atoms with Crippen LogP contribution in [0.2, 0.25) is 0 Å². The van der Waals surface area contributed by atoms with Crippen LogP contribution in [0.3, 0.4) is 0 Å². The first-order valence-corrected chi connectivity index (χ1v) is 11.5. The first-order valence-electron chi connectivity index (χ1n) is 8.21. The standard InChI is InChI=1S/C22H22ClP/c1-2-3-19-24(23,20-13-7-4-8-14-20,21-15-9-5-10-16-21)22-17-11-6-12-18-22/h2-18H,19H2,1H3. The molecule has 3 aromatic carbocycles. The molecule has 3 aromatic rings. The molecule has 0 spiro atoms. The van der Waals surface area contributed by atoms with Gasteiger partial charge in [0, 0.05) is 0 Å². The normalized spacial score (nSPS) is 13.5. The van der Waals surface area contributed by atoms with E-state index < -0.39 is 5.96 Å². The fraction of sp³-hybridized carbons (Fsp3) is 0.0909. The van der Waals surface area contributed by atoms with Crippen LogP contribution < -0.4 is 15.9 Å². The first-order chi connectivity index (χ1) is 11.7. The molecular weight excluding hydrogens is 331 g/mol. The third-order valence-corrected chi connectivity index (χ3v) is 11.8. The van der Waals surface area contributed by atoms with Crippen LogP contribution in [0.5, 0.6) is 0 Å². The maximum absolute atomic E-state index is 7.83. The molecule has 0 amide bonds. The van der Waals surface area contributed by atoms with Crippen molar-refractivity contribution in [2.24, 2.45) is 0 Å². The van der Waals surface area contributed by atoms with Gasteiger partial charge in [0.2, 0.25) is 0 Å². The van der Waals surface area contributed by atoms with Gasteiger partial charge < -0.3 is 0 Å². The Morgan fingerprint density at radius 2 is 1.00 bits per heavy atom. The van der Waals surface area contributed by atoms with Crippen molar-refractivity contribution < 1.29 is 0 Å². The fourth-order valence-corrected chi connectivity index (χ4v) is 9.05. The van der Waals surface area contributed by atoms with Gasteiger partial charge in [-0.25, -0.2) is 0 Å². The van der Waals surface area contributed by atoms with E-state index in [2.05, 4.69) is 91.9 Å². The molecule has 0 aromatic heterocycles. The fourth-order valence-electron chi connectivity index (χ4n) is 3.28. The van der Waals surface area contributed by atoms with Gasteiger partial charge >= 0.3 is 149 Å². The van der Waals surface area contributed by atoms with Crippen LogP contribution in [-0.2, 0) is 0 Å². The Balaban J connectivity index is 2.42. The van der Waals surface area contributed by atoms with Crippen LogP contribution >= 0.6 is 17.2 Å². The van der Waals surface area contributed by atoms with Crippen molar-refractivity contribution in [3.63, 3.8) is 0 Å². The van der Waals surface area contributed by atoms with Gasteiger partial charge in [0.25, 0.3) is 0 Å². The zero-order valence-corrected chi connectivity index (χ0v) is 15.5. The Morgan fingerprint density at radius 1 is 0.667 bits per heavy atom. The second kappa shape index (κ2) is 6.93. The summed E-state index contributed by atoms with van der Waals surface area (Å²) in [5.74, 6) is -3.07. The van der Waals surface area contributed by atoms with E-state index in [1.807, 2.05) is 18.2 Å². The second-order valence-corrected chi connectivity index (χ2v) is 12.5. The zero-order valence-electron chi connectivity index (χ0n) is 13.8. The minimum absolute atomic E-state index is 0.807. The number of hydrogen-bond acceptors (Lipinski definition) is 0. The van der Waals surface area contributed by atoms with Crippen LogP contribution in [0.1, 0.15) is 6.92 Å². The summed E-state index contributed by atoms with van der Waals surface area (Å²) in [5, 5.41) is 3.63. The molecule has 0 unspecified atom stereocenters. The van der Waals surface area contributed by atoms with Gasteiger partial charge in [0.15, 0.2) is 0 Å². The molecule has 122 valence electrons. The quantitative estimate of drug-likeness (QED) is 0.435. The van der Waals surface area contributed by atoms with Gasteiger partial charge in [-0.2, -0.15) is 0 Å². The van der Waals surface area contributed by atoms with E-state index in [4.69, 9.17) is 11.2 Å². The van der Waals surface area contributed by atoms with Crippen LogP contribution in [0.4, 0.5) is 0 Å². The van der Waals surface area contributed by atoms with E-state index in [9.17, 15) is 0 Å². The summed E-state index contributed by atoms with van der Waals surface area (Å²) in [7, 11) is 0. The summed E-state index contributed by atoms with van der Waals surface area (Å²) < 4.78 is 0. The third kappa shape index (κ3) is 2.71. The molecule has 3 rings (SSSR count). The van der Waals surface area contributed by atoms with Gasteiger partial charge in [0.1, 0.15) is 0 Å². The minimum atomic E-state index is -3.07. The Bertz CT molecular complexity index is 711. The Kier molecular flexibility index (Phi) is 4.90. The first kappa shape index (κ1) is 17.0. The van der Waals surface area contributed by atoms with Crippen molar-refractivity contribution in [2.75, 3.05) is 6.16 Å². The molecular formula is C22H22ClP. The van der Waals surface area contributed by atoms with Crippen molar-refractivity contribution in [2.45, 2.75) is 6.92 Å². The van der Waals surface area contributed by atoms with Crippen molar-refractivity contribution in [1.82, 2.24) is 0 Å². The van der Waals surface area contributed by atoms with Crippen molar-refractivity contribution in [3.05, 3.63) is 103 Å². The van der Waals surface area contributed by atoms with E-state index in [-0.39, 0.29) is 0 Å². The van der Waals surface area contributed by atoms with E-state index in [1.165, 1.54) is 15.9 Å². The predicted octanol–water partition coefficient (Wildman–Crippen LogP) is 5.25. The molecule has 0 fully saturated rings. The van der Waals surface area contributed by atoms with E-state index in [0.29, 0.717) is 0 Å². The molecule has 0 radical (unpaired) electrons. The Labute approximate surface area is 149 Å². The van der Waals surface area contributed by atoms with Gasteiger partial charge in [0.05, 0.1) is 0 Å². The van der Waals surface area contributed by atoms with Crippen molar-refractivity contribution in [1.29, 1.82) is 0 Å². The second-order valence-electron chi connectivity index (χ2n) is 5.94. The number of rotatable bonds is 5. The molecule has 0 heterocycles.